The van der Waals surface area contributed by atoms with Crippen molar-refractivity contribution in [2.24, 2.45) is 0 Å². The smallest absolute Gasteiger partial charge is 0.407 e. The summed E-state index contributed by atoms with van der Waals surface area (Å²) in [6, 6.07) is 8.89. The topological polar surface area (TPSA) is 38.3 Å². The van der Waals surface area contributed by atoms with Crippen molar-refractivity contribution in [3.8, 4) is 0 Å². The van der Waals surface area contributed by atoms with Crippen LogP contribution in [0.3, 0.4) is 0 Å². The summed E-state index contributed by atoms with van der Waals surface area (Å²) in [7, 11) is 0. The highest BCUT2D eigenvalue weighted by atomic mass is 127. The summed E-state index contributed by atoms with van der Waals surface area (Å²) < 4.78 is 6.62. The molecule has 1 amide bonds. The van der Waals surface area contributed by atoms with Crippen LogP contribution in [0.25, 0.3) is 0 Å². The Morgan fingerprint density at radius 1 is 1.33 bits per heavy atom. The fourth-order valence-electron chi connectivity index (χ4n) is 2.86. The van der Waals surface area contributed by atoms with Gasteiger partial charge in [-0.2, -0.15) is 0 Å². The van der Waals surface area contributed by atoms with Gasteiger partial charge in [0, 0.05) is 9.61 Å². The summed E-state index contributed by atoms with van der Waals surface area (Å²) in [6.45, 7) is 5.67. The van der Waals surface area contributed by atoms with Crippen molar-refractivity contribution in [2.75, 3.05) is 0 Å². The Hall–Kier alpha value is -0.780. The third-order valence-corrected chi connectivity index (χ3v) is 4.39. The van der Waals surface area contributed by atoms with Crippen molar-refractivity contribution in [3.63, 3.8) is 0 Å². The van der Waals surface area contributed by atoms with Crippen LogP contribution in [0.1, 0.15) is 57.9 Å². The molecular weight excluding hydrogens is 377 g/mol. The largest absolute Gasteiger partial charge is 0.444 e. The monoisotopic (exact) mass is 401 g/mol. The van der Waals surface area contributed by atoms with E-state index in [1.807, 2.05) is 20.8 Å². The third-order valence-electron chi connectivity index (χ3n) is 3.72. The van der Waals surface area contributed by atoms with E-state index in [2.05, 4.69) is 52.2 Å². The first-order chi connectivity index (χ1) is 9.83. The van der Waals surface area contributed by atoms with Gasteiger partial charge in [0.15, 0.2) is 0 Å². The average Bonchev–Trinajstić information content (AvgIpc) is 2.36. The lowest BCUT2D eigenvalue weighted by atomic mass is 9.81. The van der Waals surface area contributed by atoms with Gasteiger partial charge in [0.25, 0.3) is 0 Å². The number of halogens is 1. The quantitative estimate of drug-likeness (QED) is 0.721. The minimum absolute atomic E-state index is 0.219. The van der Waals surface area contributed by atoms with Gasteiger partial charge in [-0.15, -0.1) is 0 Å². The lowest BCUT2D eigenvalue weighted by molar-refractivity contribution is 0.0490. The summed E-state index contributed by atoms with van der Waals surface area (Å²) >= 11 is 2.35. The molecule has 0 bridgehead atoms. The maximum absolute atomic E-state index is 11.9. The highest BCUT2D eigenvalue weighted by Crippen LogP contribution is 2.33. The Morgan fingerprint density at radius 3 is 2.76 bits per heavy atom. The van der Waals surface area contributed by atoms with Crippen molar-refractivity contribution in [3.05, 3.63) is 33.4 Å². The molecule has 0 spiro atoms. The van der Waals surface area contributed by atoms with E-state index in [0.29, 0.717) is 5.92 Å². The van der Waals surface area contributed by atoms with Gasteiger partial charge in [-0.1, -0.05) is 18.6 Å². The number of hydrogen-bond acceptors (Lipinski definition) is 2. The molecule has 0 aromatic heterocycles. The van der Waals surface area contributed by atoms with E-state index < -0.39 is 5.60 Å². The molecule has 3 nitrogen and oxygen atoms in total. The maximum Gasteiger partial charge on any atom is 0.407 e. The predicted octanol–water partition coefficient (Wildman–Crippen LogP) is 4.84. The maximum atomic E-state index is 11.9. The zero-order valence-corrected chi connectivity index (χ0v) is 15.1. The Labute approximate surface area is 141 Å². The van der Waals surface area contributed by atoms with Crippen molar-refractivity contribution in [1.82, 2.24) is 5.32 Å². The van der Waals surface area contributed by atoms with E-state index in [1.165, 1.54) is 15.6 Å². The molecule has 0 radical (unpaired) electrons. The molecule has 116 valence electrons. The summed E-state index contributed by atoms with van der Waals surface area (Å²) in [5.74, 6) is 0.536. The summed E-state index contributed by atoms with van der Waals surface area (Å²) in [5, 5.41) is 3.03. The number of benzene rings is 1. The number of amides is 1. The third kappa shape index (κ3) is 5.49. The summed E-state index contributed by atoms with van der Waals surface area (Å²) in [5.41, 5.74) is 0.950. The zero-order valence-electron chi connectivity index (χ0n) is 13.0. The molecule has 0 saturated heterocycles. The molecule has 1 aromatic carbocycles. The molecule has 2 unspecified atom stereocenters. The van der Waals surface area contributed by atoms with Gasteiger partial charge in [-0.05, 0) is 86.2 Å². The molecule has 0 aliphatic heterocycles. The van der Waals surface area contributed by atoms with Crippen LogP contribution < -0.4 is 5.32 Å². The number of nitrogens with one attached hydrogen (secondary N) is 1. The molecule has 1 aromatic rings. The Balaban J connectivity index is 1.93. The summed E-state index contributed by atoms with van der Waals surface area (Å²) in [6.07, 6.45) is 4.10. The van der Waals surface area contributed by atoms with Crippen LogP contribution in [0.15, 0.2) is 24.3 Å². The first-order valence-electron chi connectivity index (χ1n) is 7.58. The second kappa shape index (κ2) is 6.99. The van der Waals surface area contributed by atoms with Crippen molar-refractivity contribution >= 4 is 28.7 Å². The van der Waals surface area contributed by atoms with Gasteiger partial charge < -0.3 is 10.1 Å². The van der Waals surface area contributed by atoms with Crippen LogP contribution in [0.5, 0.6) is 0 Å². The second-order valence-corrected chi connectivity index (χ2v) is 8.01. The van der Waals surface area contributed by atoms with Crippen molar-refractivity contribution in [2.45, 2.75) is 64.0 Å². The van der Waals surface area contributed by atoms with Gasteiger partial charge in [0.1, 0.15) is 5.60 Å². The Bertz CT molecular complexity index is 496. The molecule has 1 fully saturated rings. The SMILES string of the molecule is CC(C)(C)OC(=O)NC1CCCC(c2cccc(I)c2)C1. The number of alkyl carbamates (subject to hydrolysis) is 1. The Kier molecular flexibility index (Phi) is 5.52. The molecule has 21 heavy (non-hydrogen) atoms. The van der Waals surface area contributed by atoms with Crippen LogP contribution in [-0.4, -0.2) is 17.7 Å². The van der Waals surface area contributed by atoms with Crippen LogP contribution in [0, 0.1) is 3.57 Å². The fraction of sp³-hybridized carbons (Fsp3) is 0.588. The first-order valence-corrected chi connectivity index (χ1v) is 8.66. The van der Waals surface area contributed by atoms with E-state index >= 15 is 0 Å². The van der Waals surface area contributed by atoms with E-state index in [1.54, 1.807) is 0 Å². The van der Waals surface area contributed by atoms with E-state index in [-0.39, 0.29) is 12.1 Å². The zero-order chi connectivity index (χ0) is 15.5. The summed E-state index contributed by atoms with van der Waals surface area (Å²) in [4.78, 5) is 11.9. The predicted molar refractivity (Wildman–Crippen MR) is 93.5 cm³/mol. The highest BCUT2D eigenvalue weighted by molar-refractivity contribution is 14.1. The molecule has 0 heterocycles. The van der Waals surface area contributed by atoms with Gasteiger partial charge >= 0.3 is 6.09 Å². The number of ether oxygens (including phenoxy) is 1. The van der Waals surface area contributed by atoms with E-state index in [4.69, 9.17) is 4.74 Å². The minimum Gasteiger partial charge on any atom is -0.444 e. The Morgan fingerprint density at radius 2 is 2.10 bits per heavy atom. The van der Waals surface area contributed by atoms with Crippen LogP contribution in [0.4, 0.5) is 4.79 Å². The lowest BCUT2D eigenvalue weighted by Gasteiger charge is -2.31. The number of carbonyl (C=O) groups is 1. The lowest BCUT2D eigenvalue weighted by Crippen LogP contribution is -2.41. The molecule has 1 saturated carbocycles. The van der Waals surface area contributed by atoms with Gasteiger partial charge in [-0.3, -0.25) is 0 Å². The second-order valence-electron chi connectivity index (χ2n) is 6.76. The van der Waals surface area contributed by atoms with Crippen LogP contribution in [-0.2, 0) is 4.74 Å². The minimum atomic E-state index is -0.437. The normalized spacial score (nSPS) is 22.7. The average molecular weight is 401 g/mol. The van der Waals surface area contributed by atoms with Crippen molar-refractivity contribution < 1.29 is 9.53 Å². The standard InChI is InChI=1S/C17H24INO2/c1-17(2,3)21-16(20)19-15-9-5-7-13(11-15)12-6-4-8-14(18)10-12/h4,6,8,10,13,15H,5,7,9,11H2,1-3H3,(H,19,20). The highest BCUT2D eigenvalue weighted by Gasteiger charge is 2.26. The van der Waals surface area contributed by atoms with E-state index in [0.717, 1.165) is 19.3 Å². The van der Waals surface area contributed by atoms with Gasteiger partial charge in [-0.25, -0.2) is 4.79 Å². The van der Waals surface area contributed by atoms with Gasteiger partial charge in [0.2, 0.25) is 0 Å². The molecule has 2 rings (SSSR count). The molecule has 1 N–H and O–H groups in total. The molecular formula is C17H24INO2. The van der Waals surface area contributed by atoms with E-state index in [9.17, 15) is 4.79 Å². The number of carbonyl (C=O) groups excluding carboxylic acids is 1. The molecule has 2 atom stereocenters. The molecule has 4 heteroatoms. The molecule has 1 aliphatic rings. The molecule has 1 aliphatic carbocycles. The van der Waals surface area contributed by atoms with Gasteiger partial charge in [0.05, 0.1) is 0 Å². The van der Waals surface area contributed by atoms with Crippen LogP contribution in [0.2, 0.25) is 0 Å². The first kappa shape index (κ1) is 16.6. The van der Waals surface area contributed by atoms with Crippen LogP contribution >= 0.6 is 22.6 Å². The number of hydrogen-bond donors (Lipinski definition) is 1. The number of rotatable bonds is 2. The van der Waals surface area contributed by atoms with Crippen molar-refractivity contribution in [1.29, 1.82) is 0 Å². The fourth-order valence-corrected chi connectivity index (χ4v) is 3.43.